The lowest BCUT2D eigenvalue weighted by Gasteiger charge is -2.12. The summed E-state index contributed by atoms with van der Waals surface area (Å²) in [5.74, 6) is -1.25. The summed E-state index contributed by atoms with van der Waals surface area (Å²) in [4.78, 5) is 12.1. The number of halogens is 3. The van der Waals surface area contributed by atoms with Gasteiger partial charge in [-0.25, -0.2) is 4.79 Å². The van der Waals surface area contributed by atoms with Gasteiger partial charge in [-0.1, -0.05) is 39.0 Å². The number of hydrogen-bond acceptors (Lipinski definition) is 4. The average molecular weight is 644 g/mol. The Bertz CT molecular complexity index is 503. The fourth-order valence-electron chi connectivity index (χ4n) is 1.94. The van der Waals surface area contributed by atoms with Gasteiger partial charge in [-0.3, -0.25) is 0 Å². The molecular formula is C15H19I3O4. The standard InChI is InChI=1S/C15H19I3O4/c1-2-3-4-5-6-7-8-22-15(21)9-10(16)11(17)12(18)14(20)13(9)19/h19-20H,2-8H2,1H3. The van der Waals surface area contributed by atoms with Crippen LogP contribution in [0.15, 0.2) is 0 Å². The molecule has 0 aliphatic carbocycles. The minimum Gasteiger partial charge on any atom is -0.504 e. The van der Waals surface area contributed by atoms with Crippen molar-refractivity contribution in [2.24, 2.45) is 0 Å². The van der Waals surface area contributed by atoms with Crippen LogP contribution >= 0.6 is 67.8 Å². The highest BCUT2D eigenvalue weighted by molar-refractivity contribution is 14.1. The Morgan fingerprint density at radius 1 is 0.909 bits per heavy atom. The molecule has 0 saturated heterocycles. The van der Waals surface area contributed by atoms with E-state index in [0.29, 0.717) is 13.7 Å². The molecule has 0 radical (unpaired) electrons. The molecular weight excluding hydrogens is 625 g/mol. The van der Waals surface area contributed by atoms with Gasteiger partial charge in [-0.05, 0) is 74.2 Å². The van der Waals surface area contributed by atoms with Crippen LogP contribution in [-0.2, 0) is 4.74 Å². The summed E-state index contributed by atoms with van der Waals surface area (Å²) in [5, 5.41) is 19.9. The summed E-state index contributed by atoms with van der Waals surface area (Å²) in [5.41, 5.74) is 0.0499. The Morgan fingerprint density at radius 3 is 2.14 bits per heavy atom. The Labute approximate surface area is 171 Å². The van der Waals surface area contributed by atoms with Crippen LogP contribution in [-0.4, -0.2) is 22.8 Å². The maximum Gasteiger partial charge on any atom is 0.343 e. The van der Waals surface area contributed by atoms with E-state index in [1.807, 2.05) is 67.8 Å². The molecule has 1 rings (SSSR count). The van der Waals surface area contributed by atoms with Crippen molar-refractivity contribution in [3.05, 3.63) is 16.3 Å². The van der Waals surface area contributed by atoms with Gasteiger partial charge < -0.3 is 14.9 Å². The second kappa shape index (κ2) is 10.4. The number of aromatic hydroxyl groups is 2. The summed E-state index contributed by atoms with van der Waals surface area (Å²) in [7, 11) is 0. The third-order valence-corrected chi connectivity index (χ3v) is 8.48. The smallest absolute Gasteiger partial charge is 0.343 e. The molecule has 1 aromatic carbocycles. The lowest BCUT2D eigenvalue weighted by molar-refractivity contribution is 0.0492. The fraction of sp³-hybridized carbons (Fsp3) is 0.533. The van der Waals surface area contributed by atoms with Crippen LogP contribution in [0.2, 0.25) is 0 Å². The maximum absolute atomic E-state index is 12.1. The van der Waals surface area contributed by atoms with E-state index in [1.54, 1.807) is 0 Å². The van der Waals surface area contributed by atoms with Crippen molar-refractivity contribution in [1.82, 2.24) is 0 Å². The topological polar surface area (TPSA) is 66.8 Å². The number of phenolic OH excluding ortho intramolecular Hbond substituents is 2. The van der Waals surface area contributed by atoms with Crippen LogP contribution in [0.1, 0.15) is 55.8 Å². The van der Waals surface area contributed by atoms with Crippen molar-refractivity contribution in [3.63, 3.8) is 0 Å². The molecule has 0 fully saturated rings. The molecule has 0 bridgehead atoms. The number of unbranched alkanes of at least 4 members (excludes halogenated alkanes) is 5. The van der Waals surface area contributed by atoms with Crippen LogP contribution in [0.5, 0.6) is 11.5 Å². The van der Waals surface area contributed by atoms with Gasteiger partial charge in [0.1, 0.15) is 5.56 Å². The van der Waals surface area contributed by atoms with E-state index in [1.165, 1.54) is 19.3 Å². The van der Waals surface area contributed by atoms with E-state index in [2.05, 4.69) is 6.92 Å². The molecule has 0 saturated carbocycles. The van der Waals surface area contributed by atoms with Gasteiger partial charge >= 0.3 is 5.97 Å². The third kappa shape index (κ3) is 5.53. The summed E-state index contributed by atoms with van der Waals surface area (Å²) in [6.45, 7) is 2.51. The highest BCUT2D eigenvalue weighted by Crippen LogP contribution is 2.40. The number of ether oxygens (including phenoxy) is 1. The molecule has 7 heteroatoms. The molecule has 1 aromatic rings. The van der Waals surface area contributed by atoms with Crippen LogP contribution < -0.4 is 0 Å². The molecule has 0 amide bonds. The Kier molecular flexibility index (Phi) is 9.67. The molecule has 124 valence electrons. The van der Waals surface area contributed by atoms with Gasteiger partial charge in [-0.15, -0.1) is 0 Å². The predicted octanol–water partition coefficient (Wildman–Crippen LogP) is 5.43. The maximum atomic E-state index is 12.1. The van der Waals surface area contributed by atoms with Crippen LogP contribution in [0.25, 0.3) is 0 Å². The number of esters is 1. The Balaban J connectivity index is 2.60. The van der Waals surface area contributed by atoms with Gasteiger partial charge in [0.05, 0.1) is 10.2 Å². The third-order valence-electron chi connectivity index (χ3n) is 3.21. The number of phenols is 2. The van der Waals surface area contributed by atoms with Gasteiger partial charge in [0.15, 0.2) is 11.5 Å². The minimum atomic E-state index is -0.583. The number of carbonyl (C=O) groups excluding carboxylic acids is 1. The minimum absolute atomic E-state index is 0.0499. The number of benzene rings is 1. The van der Waals surface area contributed by atoms with Crippen molar-refractivity contribution in [2.75, 3.05) is 6.61 Å². The first kappa shape index (κ1) is 20.5. The number of carbonyl (C=O) groups is 1. The highest BCUT2D eigenvalue weighted by atomic mass is 127. The predicted molar refractivity (Wildman–Crippen MR) is 112 cm³/mol. The zero-order chi connectivity index (χ0) is 16.7. The zero-order valence-corrected chi connectivity index (χ0v) is 18.8. The molecule has 0 spiro atoms. The highest BCUT2D eigenvalue weighted by Gasteiger charge is 2.25. The van der Waals surface area contributed by atoms with E-state index in [-0.39, 0.29) is 11.3 Å². The van der Waals surface area contributed by atoms with Gasteiger partial charge in [-0.2, -0.15) is 0 Å². The molecule has 0 heterocycles. The van der Waals surface area contributed by atoms with Crippen LogP contribution in [0, 0.1) is 10.7 Å². The monoisotopic (exact) mass is 644 g/mol. The van der Waals surface area contributed by atoms with E-state index >= 15 is 0 Å². The normalized spacial score (nSPS) is 10.7. The quantitative estimate of drug-likeness (QED) is 0.130. The first-order valence-corrected chi connectivity index (χ1v) is 10.4. The molecule has 0 aliphatic rings. The Morgan fingerprint density at radius 2 is 1.50 bits per heavy atom. The van der Waals surface area contributed by atoms with Crippen molar-refractivity contribution in [1.29, 1.82) is 0 Å². The van der Waals surface area contributed by atoms with Gasteiger partial charge in [0.2, 0.25) is 0 Å². The summed E-state index contributed by atoms with van der Waals surface area (Å²) in [6, 6.07) is 0. The van der Waals surface area contributed by atoms with E-state index < -0.39 is 11.7 Å². The lowest BCUT2D eigenvalue weighted by Crippen LogP contribution is -2.10. The molecule has 0 aromatic heterocycles. The van der Waals surface area contributed by atoms with E-state index in [4.69, 9.17) is 4.74 Å². The van der Waals surface area contributed by atoms with E-state index in [0.717, 1.165) is 22.8 Å². The molecule has 2 N–H and O–H groups in total. The molecule has 4 nitrogen and oxygen atoms in total. The second-order valence-corrected chi connectivity index (χ2v) is 8.15. The Hall–Kier alpha value is 0.480. The fourth-order valence-corrected chi connectivity index (χ4v) is 4.25. The first-order valence-electron chi connectivity index (χ1n) is 7.17. The first-order chi connectivity index (χ1) is 10.4. The lowest BCUT2D eigenvalue weighted by atomic mass is 10.1. The van der Waals surface area contributed by atoms with Crippen molar-refractivity contribution >= 4 is 73.7 Å². The van der Waals surface area contributed by atoms with Crippen LogP contribution in [0.4, 0.5) is 0 Å². The summed E-state index contributed by atoms with van der Waals surface area (Å²) in [6.07, 6.45) is 6.67. The SMILES string of the molecule is CCCCCCCCOC(=O)c1c(O)c(O)c(I)c(I)c1I. The molecule has 0 atom stereocenters. The average Bonchev–Trinajstić information content (AvgIpc) is 2.50. The number of hydrogen-bond donors (Lipinski definition) is 2. The largest absolute Gasteiger partial charge is 0.504 e. The van der Waals surface area contributed by atoms with E-state index in [9.17, 15) is 15.0 Å². The summed E-state index contributed by atoms with van der Waals surface area (Å²) >= 11 is 5.96. The number of rotatable bonds is 8. The zero-order valence-electron chi connectivity index (χ0n) is 12.3. The van der Waals surface area contributed by atoms with Crippen molar-refractivity contribution in [2.45, 2.75) is 45.4 Å². The van der Waals surface area contributed by atoms with Crippen molar-refractivity contribution in [3.8, 4) is 11.5 Å². The summed E-state index contributed by atoms with van der Waals surface area (Å²) < 4.78 is 7.10. The van der Waals surface area contributed by atoms with Gasteiger partial charge in [0, 0.05) is 7.14 Å². The molecule has 0 aliphatic heterocycles. The van der Waals surface area contributed by atoms with Crippen molar-refractivity contribution < 1.29 is 19.7 Å². The van der Waals surface area contributed by atoms with Crippen LogP contribution in [0.3, 0.4) is 0 Å². The molecule has 22 heavy (non-hydrogen) atoms. The molecule has 0 unspecified atom stereocenters. The second-order valence-electron chi connectivity index (χ2n) is 4.92. The van der Waals surface area contributed by atoms with Gasteiger partial charge in [0.25, 0.3) is 0 Å².